The first-order valence-corrected chi connectivity index (χ1v) is 8.48. The third-order valence-corrected chi connectivity index (χ3v) is 4.62. The van der Waals surface area contributed by atoms with Gasteiger partial charge in [0.2, 0.25) is 5.75 Å². The number of fused-ring (bicyclic) bond motifs is 1. The lowest BCUT2D eigenvalue weighted by molar-refractivity contribution is 0.0762. The van der Waals surface area contributed by atoms with Crippen LogP contribution in [-0.2, 0) is 12.8 Å². The Kier molecular flexibility index (Phi) is 5.25. The molecule has 138 valence electrons. The fraction of sp³-hybridized carbons (Fsp3) is 0.421. The van der Waals surface area contributed by atoms with Gasteiger partial charge in [0, 0.05) is 18.7 Å². The highest BCUT2D eigenvalue weighted by Crippen LogP contribution is 2.43. The van der Waals surface area contributed by atoms with Crippen LogP contribution in [0.1, 0.15) is 27.2 Å². The number of amides is 1. The number of nitrogens with zero attached hydrogens (tertiary/aromatic N) is 3. The van der Waals surface area contributed by atoms with E-state index in [0.29, 0.717) is 42.3 Å². The van der Waals surface area contributed by atoms with Gasteiger partial charge < -0.3 is 19.1 Å². The van der Waals surface area contributed by atoms with Gasteiger partial charge in [-0.25, -0.2) is 0 Å². The normalized spacial score (nSPS) is 13.6. The Morgan fingerprint density at radius 2 is 1.77 bits per heavy atom. The first-order valence-electron chi connectivity index (χ1n) is 8.48. The van der Waals surface area contributed by atoms with Crippen molar-refractivity contribution in [1.29, 1.82) is 0 Å². The van der Waals surface area contributed by atoms with Crippen molar-refractivity contribution < 1.29 is 19.0 Å². The van der Waals surface area contributed by atoms with Crippen molar-refractivity contribution in [1.82, 2.24) is 15.1 Å². The molecule has 3 rings (SSSR count). The molecule has 0 atom stereocenters. The van der Waals surface area contributed by atoms with Gasteiger partial charge >= 0.3 is 0 Å². The van der Waals surface area contributed by atoms with Crippen LogP contribution in [0.3, 0.4) is 0 Å². The first-order chi connectivity index (χ1) is 12.6. The number of methoxy groups -OCH3 is 3. The van der Waals surface area contributed by atoms with Crippen molar-refractivity contribution in [3.8, 4) is 17.2 Å². The summed E-state index contributed by atoms with van der Waals surface area (Å²) in [6.45, 7) is 3.04. The minimum absolute atomic E-state index is 0.0336. The molecule has 0 unspecified atom stereocenters. The maximum absolute atomic E-state index is 12.8. The van der Waals surface area contributed by atoms with Crippen LogP contribution >= 0.6 is 0 Å². The second-order valence-corrected chi connectivity index (χ2v) is 6.16. The molecule has 7 heteroatoms. The highest BCUT2D eigenvalue weighted by atomic mass is 16.5. The Bertz CT molecular complexity index is 823. The average molecular weight is 357 g/mol. The molecule has 1 aromatic heterocycles. The second kappa shape index (κ2) is 7.59. The van der Waals surface area contributed by atoms with E-state index >= 15 is 0 Å². The van der Waals surface area contributed by atoms with Crippen LogP contribution in [-0.4, -0.2) is 55.4 Å². The molecule has 1 aliphatic rings. The summed E-state index contributed by atoms with van der Waals surface area (Å²) in [5.74, 6) is 1.87. The van der Waals surface area contributed by atoms with Crippen molar-refractivity contribution in [2.24, 2.45) is 0 Å². The van der Waals surface area contributed by atoms with E-state index in [1.54, 1.807) is 27.4 Å². The molecule has 2 heterocycles. The highest BCUT2D eigenvalue weighted by Gasteiger charge is 2.26. The molecule has 0 aliphatic carbocycles. The summed E-state index contributed by atoms with van der Waals surface area (Å²) in [7, 11) is 4.82. The van der Waals surface area contributed by atoms with Crippen molar-refractivity contribution in [3.05, 3.63) is 40.7 Å². The van der Waals surface area contributed by atoms with E-state index in [0.717, 1.165) is 23.2 Å². The molecule has 26 heavy (non-hydrogen) atoms. The van der Waals surface area contributed by atoms with Gasteiger partial charge in [-0.3, -0.25) is 4.79 Å². The summed E-state index contributed by atoms with van der Waals surface area (Å²) < 4.78 is 16.5. The Morgan fingerprint density at radius 1 is 1.04 bits per heavy atom. The largest absolute Gasteiger partial charge is 0.493 e. The number of carbonyl (C=O) groups is 1. The van der Waals surface area contributed by atoms with Crippen LogP contribution in [0.4, 0.5) is 0 Å². The molecular formula is C19H23N3O4. The summed E-state index contributed by atoms with van der Waals surface area (Å²) in [5.41, 5.74) is 3.46. The molecule has 0 fully saturated rings. The van der Waals surface area contributed by atoms with Gasteiger partial charge in [0.25, 0.3) is 5.91 Å². The van der Waals surface area contributed by atoms with E-state index in [2.05, 4.69) is 10.2 Å². The van der Waals surface area contributed by atoms with E-state index < -0.39 is 0 Å². The zero-order chi connectivity index (χ0) is 18.7. The molecule has 1 aromatic carbocycles. The van der Waals surface area contributed by atoms with Crippen LogP contribution in [0, 0.1) is 6.92 Å². The van der Waals surface area contributed by atoms with Crippen molar-refractivity contribution in [3.63, 3.8) is 0 Å². The minimum Gasteiger partial charge on any atom is -0.493 e. The molecule has 0 N–H and O–H groups in total. The van der Waals surface area contributed by atoms with Crippen LogP contribution in [0.2, 0.25) is 0 Å². The zero-order valence-corrected chi connectivity index (χ0v) is 15.5. The Hall–Kier alpha value is -2.83. The Morgan fingerprint density at radius 3 is 2.42 bits per heavy atom. The number of aryl methyl sites for hydroxylation is 1. The van der Waals surface area contributed by atoms with Crippen molar-refractivity contribution in [2.75, 3.05) is 34.4 Å². The van der Waals surface area contributed by atoms with Crippen LogP contribution in [0.15, 0.2) is 18.3 Å². The molecule has 1 amide bonds. The molecular weight excluding hydrogens is 334 g/mol. The lowest BCUT2D eigenvalue weighted by atomic mass is 10.0. The monoisotopic (exact) mass is 357 g/mol. The maximum atomic E-state index is 12.8. The predicted octanol–water partition coefficient (Wildman–Crippen LogP) is 2.05. The van der Waals surface area contributed by atoms with Crippen LogP contribution < -0.4 is 14.2 Å². The summed E-state index contributed by atoms with van der Waals surface area (Å²) in [4.78, 5) is 14.7. The lowest BCUT2D eigenvalue weighted by Crippen LogP contribution is -2.33. The topological polar surface area (TPSA) is 73.8 Å². The number of hydrogen-bond acceptors (Lipinski definition) is 6. The van der Waals surface area contributed by atoms with Gasteiger partial charge in [-0.1, -0.05) is 0 Å². The van der Waals surface area contributed by atoms with E-state index in [9.17, 15) is 4.79 Å². The van der Waals surface area contributed by atoms with Crippen LogP contribution in [0.25, 0.3) is 0 Å². The number of aromatic nitrogens is 2. The fourth-order valence-electron chi connectivity index (χ4n) is 3.35. The van der Waals surface area contributed by atoms with E-state index in [1.165, 1.54) is 6.20 Å². The van der Waals surface area contributed by atoms with Crippen molar-refractivity contribution in [2.45, 2.75) is 19.8 Å². The van der Waals surface area contributed by atoms with Gasteiger partial charge in [0.15, 0.2) is 11.5 Å². The zero-order valence-electron chi connectivity index (χ0n) is 15.5. The maximum Gasteiger partial charge on any atom is 0.255 e. The molecule has 0 saturated heterocycles. The average Bonchev–Trinajstić information content (AvgIpc) is 2.88. The van der Waals surface area contributed by atoms with Crippen molar-refractivity contribution >= 4 is 5.91 Å². The smallest absolute Gasteiger partial charge is 0.255 e. The third kappa shape index (κ3) is 3.29. The highest BCUT2D eigenvalue weighted by molar-refractivity contribution is 5.94. The van der Waals surface area contributed by atoms with E-state index in [4.69, 9.17) is 14.2 Å². The molecule has 2 aromatic rings. The van der Waals surface area contributed by atoms with Crippen LogP contribution in [0.5, 0.6) is 17.2 Å². The fourth-order valence-corrected chi connectivity index (χ4v) is 3.35. The first kappa shape index (κ1) is 18.0. The molecule has 7 nitrogen and oxygen atoms in total. The number of carbonyl (C=O) groups excluding carboxylic acids is 1. The van der Waals surface area contributed by atoms with Gasteiger partial charge in [-0.2, -0.15) is 10.2 Å². The summed E-state index contributed by atoms with van der Waals surface area (Å²) in [6.07, 6.45) is 2.91. The Balaban J connectivity index is 1.90. The number of ether oxygens (including phenoxy) is 3. The molecule has 0 radical (unpaired) electrons. The number of rotatable bonds is 4. The molecule has 0 bridgehead atoms. The summed E-state index contributed by atoms with van der Waals surface area (Å²) in [5, 5.41) is 7.80. The van der Waals surface area contributed by atoms with Gasteiger partial charge in [0.05, 0.1) is 38.8 Å². The van der Waals surface area contributed by atoms with Gasteiger partial charge in [0.1, 0.15) is 0 Å². The third-order valence-electron chi connectivity index (χ3n) is 4.62. The standard InChI is InChI=1S/C19H23N3O4/c1-12-9-14(11-20-21-12)19(23)22-7-5-13-10-16(24-2)18(26-4)17(25-3)15(13)6-8-22/h9-11H,5-8H2,1-4H3. The molecule has 1 aliphatic heterocycles. The number of hydrogen-bond donors (Lipinski definition) is 0. The second-order valence-electron chi connectivity index (χ2n) is 6.16. The van der Waals surface area contributed by atoms with Gasteiger partial charge in [-0.15, -0.1) is 0 Å². The van der Waals surface area contributed by atoms with Gasteiger partial charge in [-0.05, 0) is 37.5 Å². The number of benzene rings is 1. The van der Waals surface area contributed by atoms with E-state index in [-0.39, 0.29) is 5.91 Å². The predicted molar refractivity (Wildman–Crippen MR) is 96.2 cm³/mol. The summed E-state index contributed by atoms with van der Waals surface area (Å²) >= 11 is 0. The Labute approximate surface area is 152 Å². The van der Waals surface area contributed by atoms with E-state index in [1.807, 2.05) is 17.9 Å². The molecule has 0 saturated carbocycles. The SMILES string of the molecule is COc1cc2c(c(OC)c1OC)CCN(C(=O)c1cnnc(C)c1)CC2. The summed E-state index contributed by atoms with van der Waals surface area (Å²) in [6, 6.07) is 3.74. The lowest BCUT2D eigenvalue weighted by Gasteiger charge is -2.20. The minimum atomic E-state index is -0.0336. The molecule has 0 spiro atoms. The quantitative estimate of drug-likeness (QED) is 0.834.